The van der Waals surface area contributed by atoms with Gasteiger partial charge in [0.25, 0.3) is 0 Å². The fourth-order valence-corrected chi connectivity index (χ4v) is 1.84. The Kier molecular flexibility index (Phi) is 4.48. The van der Waals surface area contributed by atoms with Gasteiger partial charge in [0.05, 0.1) is 6.04 Å². The lowest BCUT2D eigenvalue weighted by molar-refractivity contribution is -0.109. The zero-order chi connectivity index (χ0) is 13.7. The summed E-state index contributed by atoms with van der Waals surface area (Å²) in [7, 11) is 3.23. The van der Waals surface area contributed by atoms with Gasteiger partial charge in [-0.2, -0.15) is 0 Å². The third-order valence-corrected chi connectivity index (χ3v) is 2.76. The number of ether oxygens (including phenoxy) is 2. The first-order valence-electron chi connectivity index (χ1n) is 5.93. The molecule has 2 rings (SSSR count). The molecule has 1 heterocycles. The number of anilines is 1. The lowest BCUT2D eigenvalue weighted by Crippen LogP contribution is -2.33. The SMILES string of the molecule is COC(OC)C(C)Nc1ccc(-c2nnco2)cc1. The van der Waals surface area contributed by atoms with Crippen LogP contribution >= 0.6 is 0 Å². The number of nitrogens with one attached hydrogen (secondary N) is 1. The fourth-order valence-electron chi connectivity index (χ4n) is 1.84. The van der Waals surface area contributed by atoms with Crippen LogP contribution in [0.1, 0.15) is 6.92 Å². The van der Waals surface area contributed by atoms with Gasteiger partial charge in [-0.3, -0.25) is 0 Å². The van der Waals surface area contributed by atoms with Gasteiger partial charge in [-0.15, -0.1) is 10.2 Å². The second kappa shape index (κ2) is 6.31. The van der Waals surface area contributed by atoms with Crippen molar-refractivity contribution in [1.82, 2.24) is 10.2 Å². The summed E-state index contributed by atoms with van der Waals surface area (Å²) in [6, 6.07) is 7.75. The van der Waals surface area contributed by atoms with Crippen LogP contribution in [-0.4, -0.2) is 36.7 Å². The van der Waals surface area contributed by atoms with E-state index in [2.05, 4.69) is 15.5 Å². The molecule has 6 heteroatoms. The Bertz CT molecular complexity index is 480. The highest BCUT2D eigenvalue weighted by atomic mass is 16.7. The summed E-state index contributed by atoms with van der Waals surface area (Å²) >= 11 is 0. The van der Waals surface area contributed by atoms with Gasteiger partial charge in [-0.25, -0.2) is 0 Å². The number of methoxy groups -OCH3 is 2. The number of nitrogens with zero attached hydrogens (tertiary/aromatic N) is 2. The highest BCUT2D eigenvalue weighted by Gasteiger charge is 2.15. The molecule has 1 unspecified atom stereocenters. The molecule has 0 radical (unpaired) electrons. The molecule has 1 aromatic heterocycles. The molecule has 0 amide bonds. The first-order valence-corrected chi connectivity index (χ1v) is 5.93. The first-order chi connectivity index (χ1) is 9.24. The minimum atomic E-state index is -0.296. The van der Waals surface area contributed by atoms with E-state index in [-0.39, 0.29) is 12.3 Å². The van der Waals surface area contributed by atoms with Crippen LogP contribution in [0.3, 0.4) is 0 Å². The fraction of sp³-hybridized carbons (Fsp3) is 0.385. The summed E-state index contributed by atoms with van der Waals surface area (Å²) in [5.74, 6) is 0.506. The molecular weight excluding hydrogens is 246 g/mol. The van der Waals surface area contributed by atoms with Crippen molar-refractivity contribution < 1.29 is 13.9 Å². The van der Waals surface area contributed by atoms with Gasteiger partial charge >= 0.3 is 0 Å². The van der Waals surface area contributed by atoms with Crippen LogP contribution in [0.15, 0.2) is 35.1 Å². The largest absolute Gasteiger partial charge is 0.423 e. The van der Waals surface area contributed by atoms with E-state index in [1.165, 1.54) is 6.39 Å². The number of aromatic nitrogens is 2. The predicted octanol–water partition coefficient (Wildman–Crippen LogP) is 2.16. The molecule has 0 aliphatic heterocycles. The van der Waals surface area contributed by atoms with E-state index in [4.69, 9.17) is 13.9 Å². The van der Waals surface area contributed by atoms with Gasteiger partial charge in [-0.05, 0) is 31.2 Å². The van der Waals surface area contributed by atoms with Crippen LogP contribution in [0.25, 0.3) is 11.5 Å². The third-order valence-electron chi connectivity index (χ3n) is 2.76. The number of benzene rings is 1. The van der Waals surface area contributed by atoms with Gasteiger partial charge in [0.15, 0.2) is 6.29 Å². The molecule has 0 aliphatic rings. The zero-order valence-corrected chi connectivity index (χ0v) is 11.2. The monoisotopic (exact) mass is 263 g/mol. The Morgan fingerprint density at radius 3 is 2.37 bits per heavy atom. The van der Waals surface area contributed by atoms with Crippen LogP contribution in [0.2, 0.25) is 0 Å². The van der Waals surface area contributed by atoms with E-state index in [0.717, 1.165) is 11.3 Å². The second-order valence-electron chi connectivity index (χ2n) is 4.09. The maximum atomic E-state index is 5.20. The average Bonchev–Trinajstić information content (AvgIpc) is 2.95. The van der Waals surface area contributed by atoms with Crippen LogP contribution in [0.5, 0.6) is 0 Å². The first kappa shape index (κ1) is 13.5. The minimum absolute atomic E-state index is 0.0317. The summed E-state index contributed by atoms with van der Waals surface area (Å²) in [5, 5.41) is 10.8. The highest BCUT2D eigenvalue weighted by Crippen LogP contribution is 2.19. The maximum Gasteiger partial charge on any atom is 0.247 e. The number of hydrogen-bond acceptors (Lipinski definition) is 6. The van der Waals surface area contributed by atoms with Gasteiger partial charge in [0.2, 0.25) is 12.3 Å². The van der Waals surface area contributed by atoms with E-state index in [1.54, 1.807) is 14.2 Å². The van der Waals surface area contributed by atoms with E-state index in [1.807, 2.05) is 31.2 Å². The van der Waals surface area contributed by atoms with Crippen molar-refractivity contribution in [3.63, 3.8) is 0 Å². The Balaban J connectivity index is 2.03. The molecule has 0 saturated heterocycles. The van der Waals surface area contributed by atoms with Crippen LogP contribution in [-0.2, 0) is 9.47 Å². The second-order valence-corrected chi connectivity index (χ2v) is 4.09. The molecule has 0 spiro atoms. The molecular formula is C13H17N3O3. The average molecular weight is 263 g/mol. The number of hydrogen-bond donors (Lipinski definition) is 1. The Morgan fingerprint density at radius 2 is 1.84 bits per heavy atom. The van der Waals surface area contributed by atoms with Gasteiger partial charge in [-0.1, -0.05) is 0 Å². The predicted molar refractivity (Wildman–Crippen MR) is 70.6 cm³/mol. The van der Waals surface area contributed by atoms with Gasteiger partial charge < -0.3 is 19.2 Å². The maximum absolute atomic E-state index is 5.20. The molecule has 0 fully saturated rings. The van der Waals surface area contributed by atoms with Crippen molar-refractivity contribution in [2.75, 3.05) is 19.5 Å². The molecule has 0 aliphatic carbocycles. The molecule has 2 aromatic rings. The Hall–Kier alpha value is -1.92. The van der Waals surface area contributed by atoms with Crippen LogP contribution in [0.4, 0.5) is 5.69 Å². The van der Waals surface area contributed by atoms with Crippen molar-refractivity contribution in [1.29, 1.82) is 0 Å². The van der Waals surface area contributed by atoms with E-state index in [9.17, 15) is 0 Å². The lowest BCUT2D eigenvalue weighted by atomic mass is 10.2. The highest BCUT2D eigenvalue weighted by molar-refractivity contribution is 5.58. The molecule has 1 atom stereocenters. The van der Waals surface area contributed by atoms with Crippen molar-refractivity contribution in [2.45, 2.75) is 19.3 Å². The van der Waals surface area contributed by atoms with Gasteiger partial charge in [0.1, 0.15) is 0 Å². The smallest absolute Gasteiger partial charge is 0.247 e. The van der Waals surface area contributed by atoms with Crippen molar-refractivity contribution >= 4 is 5.69 Å². The Morgan fingerprint density at radius 1 is 1.16 bits per heavy atom. The minimum Gasteiger partial charge on any atom is -0.423 e. The van der Waals surface area contributed by atoms with E-state index in [0.29, 0.717) is 5.89 Å². The standard InChI is InChI=1S/C13H17N3O3/c1-9(13(17-2)18-3)15-11-6-4-10(5-7-11)12-16-14-8-19-12/h4-9,13,15H,1-3H3. The molecule has 1 N–H and O–H groups in total. The summed E-state index contributed by atoms with van der Waals surface area (Å²) < 4.78 is 15.5. The molecule has 19 heavy (non-hydrogen) atoms. The topological polar surface area (TPSA) is 69.4 Å². The van der Waals surface area contributed by atoms with Crippen molar-refractivity contribution in [3.8, 4) is 11.5 Å². The molecule has 0 bridgehead atoms. The summed E-state index contributed by atoms with van der Waals surface area (Å²) in [4.78, 5) is 0. The molecule has 1 aromatic carbocycles. The number of rotatable bonds is 6. The van der Waals surface area contributed by atoms with Crippen molar-refractivity contribution in [3.05, 3.63) is 30.7 Å². The van der Waals surface area contributed by atoms with Crippen LogP contribution in [0, 0.1) is 0 Å². The van der Waals surface area contributed by atoms with Crippen molar-refractivity contribution in [2.24, 2.45) is 0 Å². The van der Waals surface area contributed by atoms with E-state index >= 15 is 0 Å². The quantitative estimate of drug-likeness (QED) is 0.805. The Labute approximate surface area is 111 Å². The lowest BCUT2D eigenvalue weighted by Gasteiger charge is -2.23. The molecule has 102 valence electrons. The van der Waals surface area contributed by atoms with Gasteiger partial charge in [0, 0.05) is 25.5 Å². The summed E-state index contributed by atoms with van der Waals surface area (Å²) in [5.41, 5.74) is 1.85. The van der Waals surface area contributed by atoms with Crippen LogP contribution < -0.4 is 5.32 Å². The normalized spacial score (nSPS) is 12.6. The molecule has 6 nitrogen and oxygen atoms in total. The zero-order valence-electron chi connectivity index (χ0n) is 11.2. The third kappa shape index (κ3) is 3.30. The summed E-state index contributed by atoms with van der Waals surface area (Å²) in [6.07, 6.45) is 1.02. The summed E-state index contributed by atoms with van der Waals surface area (Å²) in [6.45, 7) is 1.99. The van der Waals surface area contributed by atoms with E-state index < -0.39 is 0 Å². The molecule has 0 saturated carbocycles.